The molecular weight excluding hydrogens is 432 g/mol. The van der Waals surface area contributed by atoms with Gasteiger partial charge in [-0.15, -0.1) is 0 Å². The van der Waals surface area contributed by atoms with Crippen LogP contribution in [-0.2, 0) is 14.3 Å². The van der Waals surface area contributed by atoms with Crippen molar-refractivity contribution in [1.29, 1.82) is 0 Å². The molecule has 1 aliphatic rings. The van der Waals surface area contributed by atoms with E-state index in [1.165, 1.54) is 0 Å². The van der Waals surface area contributed by atoms with Crippen LogP contribution in [0.4, 0.5) is 4.79 Å². The second-order valence-electron chi connectivity index (χ2n) is 10.0. The second kappa shape index (κ2) is 10.6. The number of carbonyl (C=O) groups excluding carboxylic acids is 1. The quantitative estimate of drug-likeness (QED) is 0.526. The molecule has 1 saturated carbocycles. The van der Waals surface area contributed by atoms with Crippen LogP contribution in [0.5, 0.6) is 0 Å². The Morgan fingerprint density at radius 1 is 1.24 bits per heavy atom. The lowest BCUT2D eigenvalue weighted by molar-refractivity contribution is -0.149. The number of fused-ring (bicyclic) bond motifs is 1. The Kier molecular flexibility index (Phi) is 7.97. The Balaban J connectivity index is 1.77. The average Bonchev–Trinajstić information content (AvgIpc) is 2.77. The molecule has 0 spiro atoms. The molecule has 34 heavy (non-hydrogen) atoms. The number of carbonyl (C=O) groups is 2. The molecule has 2 aromatic rings. The van der Waals surface area contributed by atoms with Gasteiger partial charge in [-0.3, -0.25) is 9.78 Å². The number of alkyl carbamates (subject to hydrolysis) is 1. The van der Waals surface area contributed by atoms with E-state index in [-0.39, 0.29) is 12.1 Å². The molecule has 1 aliphatic carbocycles. The van der Waals surface area contributed by atoms with Gasteiger partial charge in [-0.1, -0.05) is 30.4 Å². The number of aliphatic carboxylic acids is 1. The number of carboxylic acids is 1. The van der Waals surface area contributed by atoms with Crippen molar-refractivity contribution in [1.82, 2.24) is 10.3 Å². The first-order valence-electron chi connectivity index (χ1n) is 12.0. The van der Waals surface area contributed by atoms with Crippen molar-refractivity contribution in [3.63, 3.8) is 0 Å². The lowest BCUT2D eigenvalue weighted by Crippen LogP contribution is -2.36. The van der Waals surface area contributed by atoms with E-state index in [2.05, 4.69) is 5.32 Å². The Labute approximate surface area is 201 Å². The number of ether oxygens (including phenoxy) is 2. The van der Waals surface area contributed by atoms with Gasteiger partial charge in [0.25, 0.3) is 0 Å². The van der Waals surface area contributed by atoms with Crippen molar-refractivity contribution in [3.05, 3.63) is 47.7 Å². The van der Waals surface area contributed by atoms with Crippen LogP contribution in [0, 0.1) is 5.41 Å². The van der Waals surface area contributed by atoms with E-state index in [4.69, 9.17) is 14.5 Å². The summed E-state index contributed by atoms with van der Waals surface area (Å²) in [7, 11) is 0. The van der Waals surface area contributed by atoms with Crippen molar-refractivity contribution in [3.8, 4) is 0 Å². The first-order valence-corrected chi connectivity index (χ1v) is 12.0. The van der Waals surface area contributed by atoms with E-state index in [9.17, 15) is 14.7 Å². The molecule has 7 heteroatoms. The maximum Gasteiger partial charge on any atom is 0.408 e. The fourth-order valence-corrected chi connectivity index (χ4v) is 4.27. The zero-order chi connectivity index (χ0) is 24.9. The summed E-state index contributed by atoms with van der Waals surface area (Å²) in [5, 5.41) is 13.7. The van der Waals surface area contributed by atoms with Gasteiger partial charge in [-0.05, 0) is 78.0 Å². The molecule has 184 valence electrons. The first kappa shape index (κ1) is 25.7. The highest BCUT2D eigenvalue weighted by Gasteiger charge is 2.40. The Bertz CT molecular complexity index is 1050. The average molecular weight is 469 g/mol. The number of nitrogens with one attached hydrogen (secondary N) is 1. The van der Waals surface area contributed by atoms with Crippen molar-refractivity contribution < 1.29 is 24.2 Å². The van der Waals surface area contributed by atoms with Gasteiger partial charge in [0, 0.05) is 12.0 Å². The van der Waals surface area contributed by atoms with Gasteiger partial charge in [-0.25, -0.2) is 4.79 Å². The Morgan fingerprint density at radius 3 is 2.53 bits per heavy atom. The third-order valence-corrected chi connectivity index (χ3v) is 6.16. The molecule has 1 heterocycles. The Hall–Kier alpha value is -2.93. The number of carboxylic acid groups (broad SMARTS) is 1. The summed E-state index contributed by atoms with van der Waals surface area (Å²) in [4.78, 5) is 29.0. The van der Waals surface area contributed by atoms with Crippen LogP contribution in [0.15, 0.2) is 36.4 Å². The fourth-order valence-electron chi connectivity index (χ4n) is 4.27. The van der Waals surface area contributed by atoms with Gasteiger partial charge in [0.15, 0.2) is 0 Å². The standard InChI is InChI=1S/C27H36N2O5/c1-6-33-21-12-15-27(16-13-21,24(30)31)14-11-19-7-8-20-9-10-22(29-23(20)17-19)18(2)28-25(32)34-26(3,4)5/h7-11,14,17-18,21H,6,12-13,15-16H2,1-5H3,(H,28,32)(H,30,31)/b14-11+/t18-,21?,27?/m1/s1. The number of rotatable bonds is 7. The van der Waals surface area contributed by atoms with Gasteiger partial charge in [0.1, 0.15) is 5.60 Å². The molecule has 0 bridgehead atoms. The van der Waals surface area contributed by atoms with E-state index in [0.29, 0.717) is 19.4 Å². The van der Waals surface area contributed by atoms with E-state index in [0.717, 1.165) is 35.0 Å². The molecule has 1 amide bonds. The molecule has 7 nitrogen and oxygen atoms in total. The van der Waals surface area contributed by atoms with Crippen LogP contribution < -0.4 is 5.32 Å². The minimum atomic E-state index is -0.871. The molecule has 1 fully saturated rings. The molecule has 0 saturated heterocycles. The highest BCUT2D eigenvalue weighted by Crippen LogP contribution is 2.39. The van der Waals surface area contributed by atoms with Crippen LogP contribution in [0.2, 0.25) is 0 Å². The van der Waals surface area contributed by atoms with Gasteiger partial charge in [0.2, 0.25) is 0 Å². The molecule has 2 N–H and O–H groups in total. The Morgan fingerprint density at radius 2 is 1.91 bits per heavy atom. The highest BCUT2D eigenvalue weighted by atomic mass is 16.6. The number of hydrogen-bond acceptors (Lipinski definition) is 5. The van der Waals surface area contributed by atoms with Gasteiger partial charge >= 0.3 is 12.1 Å². The van der Waals surface area contributed by atoms with Gasteiger partial charge in [-0.2, -0.15) is 0 Å². The summed E-state index contributed by atoms with van der Waals surface area (Å²) in [5.74, 6) is -0.790. The van der Waals surface area contributed by atoms with Crippen LogP contribution in [-0.4, -0.2) is 40.5 Å². The van der Waals surface area contributed by atoms with Gasteiger partial charge in [0.05, 0.1) is 28.8 Å². The summed E-state index contributed by atoms with van der Waals surface area (Å²) in [6, 6.07) is 9.40. The minimum Gasteiger partial charge on any atom is -0.481 e. The predicted octanol–water partition coefficient (Wildman–Crippen LogP) is 5.88. The predicted molar refractivity (Wildman–Crippen MR) is 133 cm³/mol. The maximum absolute atomic E-state index is 12.1. The van der Waals surface area contributed by atoms with Crippen LogP contribution in [0.25, 0.3) is 17.0 Å². The van der Waals surface area contributed by atoms with Crippen LogP contribution in [0.1, 0.15) is 77.6 Å². The number of benzene rings is 1. The highest BCUT2D eigenvalue weighted by molar-refractivity contribution is 5.83. The van der Waals surface area contributed by atoms with Crippen molar-refractivity contribution in [2.24, 2.45) is 5.41 Å². The normalized spacial score (nSPS) is 22.0. The topological polar surface area (TPSA) is 97.8 Å². The van der Waals surface area contributed by atoms with Crippen molar-refractivity contribution in [2.75, 3.05) is 6.61 Å². The summed E-state index contributed by atoms with van der Waals surface area (Å²) < 4.78 is 11.0. The smallest absolute Gasteiger partial charge is 0.408 e. The van der Waals surface area contributed by atoms with E-state index in [1.807, 2.05) is 77.1 Å². The monoisotopic (exact) mass is 468 g/mol. The minimum absolute atomic E-state index is 0.144. The van der Waals surface area contributed by atoms with E-state index >= 15 is 0 Å². The second-order valence-corrected chi connectivity index (χ2v) is 10.0. The van der Waals surface area contributed by atoms with E-state index < -0.39 is 23.1 Å². The number of amides is 1. The third kappa shape index (κ3) is 6.56. The molecule has 0 aliphatic heterocycles. The lowest BCUT2D eigenvalue weighted by atomic mass is 9.72. The van der Waals surface area contributed by atoms with Crippen LogP contribution >= 0.6 is 0 Å². The van der Waals surface area contributed by atoms with E-state index in [1.54, 1.807) is 0 Å². The van der Waals surface area contributed by atoms with Crippen molar-refractivity contribution in [2.45, 2.75) is 78.0 Å². The third-order valence-electron chi connectivity index (χ3n) is 6.16. The first-order chi connectivity index (χ1) is 16.0. The summed E-state index contributed by atoms with van der Waals surface area (Å²) in [5.41, 5.74) is 0.941. The number of pyridine rings is 1. The molecule has 0 unspecified atom stereocenters. The molecule has 0 radical (unpaired) electrons. The van der Waals surface area contributed by atoms with Gasteiger partial charge < -0.3 is 19.9 Å². The number of hydrogen-bond donors (Lipinski definition) is 2. The molecular formula is C27H36N2O5. The fraction of sp³-hybridized carbons (Fsp3) is 0.519. The summed E-state index contributed by atoms with van der Waals surface area (Å²) >= 11 is 0. The SMILES string of the molecule is CCOC1CCC(/C=C/c2ccc3ccc([C@@H](C)NC(=O)OC(C)(C)C)nc3c2)(C(=O)O)CC1. The summed E-state index contributed by atoms with van der Waals surface area (Å²) in [6.45, 7) is 9.93. The maximum atomic E-state index is 12.1. The molecule has 1 atom stereocenters. The van der Waals surface area contributed by atoms with Crippen LogP contribution in [0.3, 0.4) is 0 Å². The lowest BCUT2D eigenvalue weighted by Gasteiger charge is -2.34. The number of nitrogens with zero attached hydrogens (tertiary/aromatic N) is 1. The number of aromatic nitrogens is 1. The largest absolute Gasteiger partial charge is 0.481 e. The summed E-state index contributed by atoms with van der Waals surface area (Å²) in [6.07, 6.45) is 5.98. The molecule has 3 rings (SSSR count). The molecule has 1 aromatic heterocycles. The molecule has 1 aromatic carbocycles. The van der Waals surface area contributed by atoms with Crippen molar-refractivity contribution >= 4 is 29.0 Å². The zero-order valence-corrected chi connectivity index (χ0v) is 20.8. The zero-order valence-electron chi connectivity index (χ0n) is 20.8.